The topological polar surface area (TPSA) is 112 Å². The summed E-state index contributed by atoms with van der Waals surface area (Å²) in [6, 6.07) is 4.11. The molecule has 0 aliphatic carbocycles. The lowest BCUT2D eigenvalue weighted by Gasteiger charge is -2.08. The van der Waals surface area contributed by atoms with Gasteiger partial charge >= 0.3 is 11.9 Å². The zero-order chi connectivity index (χ0) is 18.6. The first-order valence-electron chi connectivity index (χ1n) is 6.85. The van der Waals surface area contributed by atoms with Crippen molar-refractivity contribution in [1.29, 1.82) is 0 Å². The number of sulfonamides is 1. The Morgan fingerprint density at radius 1 is 1.24 bits per heavy atom. The monoisotopic (exact) mass is 371 g/mol. The Labute approximate surface area is 142 Å². The van der Waals surface area contributed by atoms with Crippen LogP contribution >= 0.6 is 0 Å². The Balaban J connectivity index is 2.21. The summed E-state index contributed by atoms with van der Waals surface area (Å²) in [5.41, 5.74) is -0.334. The first-order chi connectivity index (χ1) is 11.8. The molecular formula is C15H14FNO7S. The molecule has 1 heterocycles. The second kappa shape index (κ2) is 7.45. The van der Waals surface area contributed by atoms with Crippen molar-refractivity contribution >= 4 is 22.0 Å². The molecule has 2 rings (SSSR count). The highest BCUT2D eigenvalue weighted by molar-refractivity contribution is 7.89. The molecule has 2 aromatic rings. The minimum atomic E-state index is -3.85. The van der Waals surface area contributed by atoms with Crippen molar-refractivity contribution in [2.45, 2.75) is 11.5 Å². The van der Waals surface area contributed by atoms with Crippen LogP contribution in [0.15, 0.2) is 39.8 Å². The Kier molecular flexibility index (Phi) is 5.55. The highest BCUT2D eigenvalue weighted by Crippen LogP contribution is 2.18. The van der Waals surface area contributed by atoms with Gasteiger partial charge in [-0.3, -0.25) is 0 Å². The van der Waals surface area contributed by atoms with Crippen LogP contribution in [0.4, 0.5) is 4.39 Å². The van der Waals surface area contributed by atoms with Crippen LogP contribution < -0.4 is 4.72 Å². The third-order valence-electron chi connectivity index (χ3n) is 3.21. The third-order valence-corrected chi connectivity index (χ3v) is 4.63. The van der Waals surface area contributed by atoms with E-state index in [9.17, 15) is 22.4 Å². The van der Waals surface area contributed by atoms with E-state index in [0.29, 0.717) is 0 Å². The van der Waals surface area contributed by atoms with Crippen molar-refractivity contribution in [2.24, 2.45) is 0 Å². The van der Waals surface area contributed by atoms with E-state index >= 15 is 0 Å². The SMILES string of the molecule is CNS(=O)(=O)c1ccc(F)c(C(=O)OCc2ccoc2C(=O)OC)c1. The number of carbonyl (C=O) groups is 2. The van der Waals surface area contributed by atoms with Crippen LogP contribution in [0.3, 0.4) is 0 Å². The standard InChI is InChI=1S/C15H14FNO7S/c1-17-25(20,21)10-3-4-12(16)11(7-10)14(18)24-8-9-5-6-23-13(9)15(19)22-2/h3-7,17H,8H2,1-2H3. The number of esters is 2. The maximum atomic E-state index is 13.8. The largest absolute Gasteiger partial charge is 0.463 e. The van der Waals surface area contributed by atoms with Crippen LogP contribution in [-0.4, -0.2) is 34.5 Å². The summed E-state index contributed by atoms with van der Waals surface area (Å²) in [6.45, 7) is -0.387. The maximum Gasteiger partial charge on any atom is 0.374 e. The van der Waals surface area contributed by atoms with Gasteiger partial charge in [0.1, 0.15) is 12.4 Å². The van der Waals surface area contributed by atoms with Gasteiger partial charge in [-0.25, -0.2) is 27.1 Å². The van der Waals surface area contributed by atoms with Gasteiger partial charge in [-0.2, -0.15) is 0 Å². The molecule has 0 aliphatic heterocycles. The molecule has 8 nitrogen and oxygen atoms in total. The number of methoxy groups -OCH3 is 1. The molecule has 0 fully saturated rings. The van der Waals surface area contributed by atoms with E-state index in [-0.39, 0.29) is 22.8 Å². The lowest BCUT2D eigenvalue weighted by molar-refractivity contribution is 0.0448. The van der Waals surface area contributed by atoms with Gasteiger partial charge in [0.25, 0.3) is 0 Å². The number of nitrogens with one attached hydrogen (secondary N) is 1. The average molecular weight is 371 g/mol. The number of hydrogen-bond donors (Lipinski definition) is 1. The molecule has 0 unspecified atom stereocenters. The fourth-order valence-electron chi connectivity index (χ4n) is 1.89. The number of carbonyl (C=O) groups excluding carboxylic acids is 2. The molecular weight excluding hydrogens is 357 g/mol. The molecule has 1 N–H and O–H groups in total. The van der Waals surface area contributed by atoms with Gasteiger partial charge < -0.3 is 13.9 Å². The van der Waals surface area contributed by atoms with E-state index in [1.54, 1.807) is 0 Å². The van der Waals surface area contributed by atoms with Crippen LogP contribution in [0.5, 0.6) is 0 Å². The summed E-state index contributed by atoms with van der Waals surface area (Å²) in [5.74, 6) is -2.95. The molecule has 10 heteroatoms. The van der Waals surface area contributed by atoms with Crippen LogP contribution in [0, 0.1) is 5.82 Å². The van der Waals surface area contributed by atoms with Gasteiger partial charge in [0.15, 0.2) is 0 Å². The van der Waals surface area contributed by atoms with Crippen LogP contribution in [0.2, 0.25) is 0 Å². The number of halogens is 1. The van der Waals surface area contributed by atoms with Crippen molar-refractivity contribution in [2.75, 3.05) is 14.2 Å². The van der Waals surface area contributed by atoms with Crippen molar-refractivity contribution in [3.05, 3.63) is 53.2 Å². The fraction of sp³-hybridized carbons (Fsp3) is 0.200. The van der Waals surface area contributed by atoms with Crippen LogP contribution in [-0.2, 0) is 26.1 Å². The second-order valence-electron chi connectivity index (χ2n) is 4.69. The smallest absolute Gasteiger partial charge is 0.374 e. The van der Waals surface area contributed by atoms with Crippen molar-refractivity contribution in [3.8, 4) is 0 Å². The van der Waals surface area contributed by atoms with E-state index in [0.717, 1.165) is 25.3 Å². The van der Waals surface area contributed by atoms with Crippen molar-refractivity contribution in [1.82, 2.24) is 4.72 Å². The Hall–Kier alpha value is -2.72. The lowest BCUT2D eigenvalue weighted by atomic mass is 10.2. The van der Waals surface area contributed by atoms with Gasteiger partial charge in [0.05, 0.1) is 23.8 Å². The van der Waals surface area contributed by atoms with E-state index in [1.165, 1.54) is 19.4 Å². The highest BCUT2D eigenvalue weighted by atomic mass is 32.2. The van der Waals surface area contributed by atoms with Crippen LogP contribution in [0.1, 0.15) is 26.5 Å². The first-order valence-corrected chi connectivity index (χ1v) is 8.33. The summed E-state index contributed by atoms with van der Waals surface area (Å²) in [6.07, 6.45) is 1.20. The van der Waals surface area contributed by atoms with E-state index in [4.69, 9.17) is 9.15 Å². The van der Waals surface area contributed by atoms with Crippen molar-refractivity contribution < 1.29 is 36.3 Å². The average Bonchev–Trinajstić information content (AvgIpc) is 3.07. The molecule has 1 aromatic carbocycles. The summed E-state index contributed by atoms with van der Waals surface area (Å²) in [4.78, 5) is 23.2. The Morgan fingerprint density at radius 3 is 2.60 bits per heavy atom. The number of furan rings is 1. The molecule has 25 heavy (non-hydrogen) atoms. The predicted molar refractivity (Wildman–Crippen MR) is 81.8 cm³/mol. The van der Waals surface area contributed by atoms with Crippen molar-refractivity contribution in [3.63, 3.8) is 0 Å². The Bertz CT molecular complexity index is 904. The Morgan fingerprint density at radius 2 is 1.96 bits per heavy atom. The van der Waals surface area contributed by atoms with Gasteiger partial charge in [-0.15, -0.1) is 0 Å². The molecule has 0 atom stereocenters. The molecule has 0 radical (unpaired) electrons. The summed E-state index contributed by atoms with van der Waals surface area (Å²) in [7, 11) is -1.51. The first kappa shape index (κ1) is 18.6. The molecule has 0 amide bonds. The summed E-state index contributed by atoms with van der Waals surface area (Å²) >= 11 is 0. The third kappa shape index (κ3) is 4.03. The normalized spacial score (nSPS) is 11.2. The fourth-order valence-corrected chi connectivity index (χ4v) is 2.64. The van der Waals surface area contributed by atoms with Crippen LogP contribution in [0.25, 0.3) is 0 Å². The van der Waals surface area contributed by atoms with E-state index in [2.05, 4.69) is 9.46 Å². The van der Waals surface area contributed by atoms with Gasteiger partial charge in [0.2, 0.25) is 15.8 Å². The minimum Gasteiger partial charge on any atom is -0.463 e. The van der Waals surface area contributed by atoms with Gasteiger partial charge in [-0.1, -0.05) is 0 Å². The molecule has 0 saturated heterocycles. The molecule has 134 valence electrons. The molecule has 0 spiro atoms. The number of hydrogen-bond acceptors (Lipinski definition) is 7. The number of ether oxygens (including phenoxy) is 2. The lowest BCUT2D eigenvalue weighted by Crippen LogP contribution is -2.19. The molecule has 0 saturated carbocycles. The maximum absolute atomic E-state index is 13.8. The van der Waals surface area contributed by atoms with E-state index in [1.807, 2.05) is 0 Å². The highest BCUT2D eigenvalue weighted by Gasteiger charge is 2.21. The predicted octanol–water partition coefficient (Wildman–Crippen LogP) is 1.47. The van der Waals surface area contributed by atoms with E-state index < -0.39 is 33.3 Å². The van der Waals surface area contributed by atoms with Gasteiger partial charge in [0, 0.05) is 5.56 Å². The molecule has 0 bridgehead atoms. The minimum absolute atomic E-state index is 0.151. The molecule has 1 aromatic heterocycles. The summed E-state index contributed by atoms with van der Waals surface area (Å²) in [5, 5.41) is 0. The quantitative estimate of drug-likeness (QED) is 0.765. The number of benzene rings is 1. The molecule has 0 aliphatic rings. The zero-order valence-electron chi connectivity index (χ0n) is 13.2. The summed E-state index contributed by atoms with van der Waals surface area (Å²) < 4.78 is 53.7. The van der Waals surface area contributed by atoms with Gasteiger partial charge in [-0.05, 0) is 31.3 Å². The second-order valence-corrected chi connectivity index (χ2v) is 6.58. The zero-order valence-corrected chi connectivity index (χ0v) is 14.1. The number of rotatable bonds is 6.